The molecule has 1 fully saturated rings. The lowest BCUT2D eigenvalue weighted by Crippen LogP contribution is -2.31. The lowest BCUT2D eigenvalue weighted by atomic mass is 9.79. The van der Waals surface area contributed by atoms with E-state index in [1.807, 2.05) is 19.1 Å². The molecule has 2 N–H and O–H groups in total. The van der Waals surface area contributed by atoms with Crippen LogP contribution in [-0.2, 0) is 21.2 Å². The highest BCUT2D eigenvalue weighted by Gasteiger charge is 2.35. The number of benzene rings is 3. The van der Waals surface area contributed by atoms with Crippen molar-refractivity contribution in [2.45, 2.75) is 38.3 Å². The second-order valence-electron chi connectivity index (χ2n) is 10.4. The van der Waals surface area contributed by atoms with Crippen molar-refractivity contribution in [1.29, 1.82) is 0 Å². The van der Waals surface area contributed by atoms with Gasteiger partial charge in [-0.25, -0.2) is 12.8 Å². The van der Waals surface area contributed by atoms with E-state index < -0.39 is 23.0 Å². The average Bonchev–Trinajstić information content (AvgIpc) is 3.64. The van der Waals surface area contributed by atoms with Gasteiger partial charge in [-0.15, -0.1) is 0 Å². The number of sulfonamides is 1. The van der Waals surface area contributed by atoms with Crippen LogP contribution in [0.3, 0.4) is 0 Å². The number of carbonyl (C=O) groups excluding carboxylic acids is 1. The second kappa shape index (κ2) is 9.76. The van der Waals surface area contributed by atoms with Crippen LogP contribution >= 0.6 is 0 Å². The van der Waals surface area contributed by atoms with Gasteiger partial charge in [-0.05, 0) is 78.2 Å². The highest BCUT2D eigenvalue weighted by atomic mass is 32.2. The van der Waals surface area contributed by atoms with Crippen LogP contribution in [0.1, 0.15) is 58.8 Å². The number of hydrogen-bond acceptors (Lipinski definition) is 6. The van der Waals surface area contributed by atoms with Gasteiger partial charge < -0.3 is 19.4 Å². The Morgan fingerprint density at radius 2 is 1.85 bits per heavy atom. The van der Waals surface area contributed by atoms with Crippen molar-refractivity contribution >= 4 is 45.2 Å². The van der Waals surface area contributed by atoms with E-state index in [-0.39, 0.29) is 30.2 Å². The van der Waals surface area contributed by atoms with Crippen molar-refractivity contribution in [1.82, 2.24) is 5.32 Å². The van der Waals surface area contributed by atoms with Crippen LogP contribution in [0.15, 0.2) is 59.0 Å². The van der Waals surface area contributed by atoms with Gasteiger partial charge in [0.25, 0.3) is 5.91 Å². The molecule has 0 radical (unpaired) electrons. The Morgan fingerprint density at radius 1 is 1.12 bits per heavy atom. The molecule has 0 saturated heterocycles. The van der Waals surface area contributed by atoms with Crippen LogP contribution in [0, 0.1) is 5.82 Å². The fourth-order valence-electron chi connectivity index (χ4n) is 5.43. The summed E-state index contributed by atoms with van der Waals surface area (Å²) in [5.41, 5.74) is 4.75. The van der Waals surface area contributed by atoms with Crippen LogP contribution in [-0.4, -0.2) is 39.8 Å². The fraction of sp³-hybridized carbons (Fsp3) is 0.276. The lowest BCUT2D eigenvalue weighted by Gasteiger charge is -2.25. The van der Waals surface area contributed by atoms with Crippen molar-refractivity contribution in [3.63, 3.8) is 0 Å². The molecule has 1 amide bonds. The lowest BCUT2D eigenvalue weighted by molar-refractivity contribution is 0.0964. The van der Waals surface area contributed by atoms with Gasteiger partial charge in [0.2, 0.25) is 10.0 Å². The Morgan fingerprint density at radius 3 is 2.50 bits per heavy atom. The number of amides is 1. The number of nitrogens with one attached hydrogen (secondary N) is 1. The van der Waals surface area contributed by atoms with E-state index in [9.17, 15) is 22.6 Å². The Balaban J connectivity index is 1.51. The normalized spacial score (nSPS) is 16.8. The molecule has 0 spiro atoms. The zero-order valence-electron chi connectivity index (χ0n) is 22.3. The number of fused-ring (bicyclic) bond motifs is 2. The molecule has 1 aliphatic heterocycles. The summed E-state index contributed by atoms with van der Waals surface area (Å²) in [4.78, 5) is 13.0. The van der Waals surface area contributed by atoms with Crippen molar-refractivity contribution in [3.05, 3.63) is 82.7 Å². The third-order valence-electron chi connectivity index (χ3n) is 7.60. The number of rotatable bonds is 7. The predicted molar refractivity (Wildman–Crippen MR) is 152 cm³/mol. The highest BCUT2D eigenvalue weighted by molar-refractivity contribution is 7.92. The monoisotopic (exact) mass is 562 g/mol. The Labute approximate surface area is 231 Å². The molecule has 1 aromatic heterocycles. The minimum Gasteiger partial charge on any atom is -0.455 e. The van der Waals surface area contributed by atoms with E-state index in [1.54, 1.807) is 30.3 Å². The molecule has 1 saturated carbocycles. The van der Waals surface area contributed by atoms with Crippen molar-refractivity contribution in [3.8, 4) is 11.3 Å². The minimum absolute atomic E-state index is 0.0635. The zero-order valence-corrected chi connectivity index (χ0v) is 23.1. The van der Waals surface area contributed by atoms with Gasteiger partial charge in [0, 0.05) is 24.1 Å². The summed E-state index contributed by atoms with van der Waals surface area (Å²) >= 11 is 0. The molecule has 1 atom stereocenters. The van der Waals surface area contributed by atoms with Gasteiger partial charge in [0.1, 0.15) is 17.2 Å². The smallest absolute Gasteiger partial charge is 0.455 e. The third-order valence-corrected chi connectivity index (χ3v) is 8.72. The maximum atomic E-state index is 13.6. The Bertz CT molecular complexity index is 1750. The average molecular weight is 562 g/mol. The van der Waals surface area contributed by atoms with Gasteiger partial charge in [-0.2, -0.15) is 0 Å². The van der Waals surface area contributed by atoms with E-state index in [0.29, 0.717) is 33.2 Å². The van der Waals surface area contributed by atoms with E-state index in [4.69, 9.17) is 9.07 Å². The van der Waals surface area contributed by atoms with E-state index in [0.717, 1.165) is 29.5 Å². The number of hydrogen-bond donors (Lipinski definition) is 2. The molecule has 0 bridgehead atoms. The molecule has 2 heterocycles. The Hall–Kier alpha value is -3.67. The van der Waals surface area contributed by atoms with E-state index >= 15 is 0 Å². The van der Waals surface area contributed by atoms with Gasteiger partial charge in [0.05, 0.1) is 30.2 Å². The summed E-state index contributed by atoms with van der Waals surface area (Å²) in [6, 6.07) is 14.6. The van der Waals surface area contributed by atoms with Crippen molar-refractivity contribution in [2.75, 3.05) is 17.6 Å². The number of carbonyl (C=O) groups is 1. The van der Waals surface area contributed by atoms with E-state index in [2.05, 4.69) is 5.32 Å². The predicted octanol–water partition coefficient (Wildman–Crippen LogP) is 4.22. The second-order valence-corrected chi connectivity index (χ2v) is 12.3. The number of nitrogens with zero attached hydrogens (tertiary/aromatic N) is 1. The first kappa shape index (κ1) is 26.6. The largest absolute Gasteiger partial charge is 0.491 e. The first-order valence-corrected chi connectivity index (χ1v) is 14.9. The first-order valence-electron chi connectivity index (χ1n) is 13.1. The molecule has 206 valence electrons. The molecule has 1 aliphatic carbocycles. The Kier molecular flexibility index (Phi) is 6.48. The maximum Gasteiger partial charge on any atom is 0.491 e. The summed E-state index contributed by atoms with van der Waals surface area (Å²) in [5, 5.41) is 13.4. The number of halogens is 1. The number of anilines is 1. The zero-order chi connectivity index (χ0) is 28.3. The third kappa shape index (κ3) is 4.68. The van der Waals surface area contributed by atoms with E-state index in [1.165, 1.54) is 29.7 Å². The summed E-state index contributed by atoms with van der Waals surface area (Å²) in [7, 11) is -3.22. The van der Waals surface area contributed by atoms with Crippen LogP contribution in [0.4, 0.5) is 10.1 Å². The molecule has 2 aliphatic rings. The van der Waals surface area contributed by atoms with Gasteiger partial charge in [-0.3, -0.25) is 9.10 Å². The number of furan rings is 1. The molecule has 6 rings (SSSR count). The maximum absolute atomic E-state index is 13.6. The standard InChI is InChI=1S/C29H28BFN2O6S/c1-16-21-12-17(4-11-24(21)30(35)39-16)15-33(40(3,36)37)25-14-26-23(13-22(25)18-5-6-18)27(29(34)32-2)28(38-26)19-7-9-20(31)10-8-19/h4,7-14,16,18,35H,5-6,15H2,1-3H3,(H,32,34)/t16-/m1/s1. The van der Waals surface area contributed by atoms with Crippen LogP contribution in [0.2, 0.25) is 0 Å². The van der Waals surface area contributed by atoms with Gasteiger partial charge >= 0.3 is 7.12 Å². The van der Waals surface area contributed by atoms with Gasteiger partial charge in [0.15, 0.2) is 0 Å². The first-order chi connectivity index (χ1) is 19.0. The summed E-state index contributed by atoms with van der Waals surface area (Å²) in [6.45, 7) is 1.90. The highest BCUT2D eigenvalue weighted by Crippen LogP contribution is 2.48. The topological polar surface area (TPSA) is 109 Å². The quantitative estimate of drug-likeness (QED) is 0.327. The van der Waals surface area contributed by atoms with Crippen molar-refractivity contribution in [2.24, 2.45) is 0 Å². The summed E-state index contributed by atoms with van der Waals surface area (Å²) in [5.74, 6) is -0.339. The van der Waals surface area contributed by atoms with Crippen LogP contribution < -0.4 is 15.1 Å². The van der Waals surface area contributed by atoms with Gasteiger partial charge in [-0.1, -0.05) is 18.2 Å². The molecule has 11 heteroatoms. The molecule has 3 aromatic carbocycles. The van der Waals surface area contributed by atoms with Crippen molar-refractivity contribution < 1.29 is 31.7 Å². The minimum atomic E-state index is -3.74. The SMILES string of the molecule is CNC(=O)c1c(-c2ccc(F)cc2)oc2cc(N(Cc3ccc4c(c3)[C@@H](C)OB4O)S(C)(=O)=O)c(C3CC3)cc12. The molecule has 0 unspecified atom stereocenters. The fourth-order valence-corrected chi connectivity index (χ4v) is 6.33. The molecular formula is C29H28BFN2O6S. The van der Waals surface area contributed by atoms with Crippen LogP contribution in [0.5, 0.6) is 0 Å². The molecule has 4 aromatic rings. The summed E-state index contributed by atoms with van der Waals surface area (Å²) < 4.78 is 53.1. The molecular weight excluding hydrogens is 534 g/mol. The molecule has 40 heavy (non-hydrogen) atoms. The van der Waals surface area contributed by atoms with Crippen LogP contribution in [0.25, 0.3) is 22.3 Å². The molecule has 8 nitrogen and oxygen atoms in total. The summed E-state index contributed by atoms with van der Waals surface area (Å²) in [6.07, 6.45) is 2.66.